The van der Waals surface area contributed by atoms with Crippen molar-refractivity contribution >= 4 is 29.1 Å². The van der Waals surface area contributed by atoms with Gasteiger partial charge < -0.3 is 10.1 Å². The summed E-state index contributed by atoms with van der Waals surface area (Å²) in [6.07, 6.45) is 1.88. The number of piperidine rings is 1. The Kier molecular flexibility index (Phi) is 7.00. The first-order valence-electron chi connectivity index (χ1n) is 9.19. The standard InChI is InChI=1S/C21H24Cl2N2O2/c1-15-4-2-3-5-18(15)21(26)24-17-8-10-25(11-9-17)12-13-27-20-14-16(22)6-7-19(20)23/h2-7,14,17H,8-13H2,1H3,(H,24,26). The molecular weight excluding hydrogens is 383 g/mol. The second-order valence-corrected chi connectivity index (χ2v) is 7.67. The number of carbonyl (C=O) groups excluding carboxylic acids is 1. The zero-order valence-electron chi connectivity index (χ0n) is 15.4. The number of nitrogens with zero attached hydrogens (tertiary/aromatic N) is 1. The second kappa shape index (κ2) is 9.45. The van der Waals surface area contributed by atoms with Crippen molar-refractivity contribution in [2.45, 2.75) is 25.8 Å². The Balaban J connectivity index is 1.41. The molecule has 0 radical (unpaired) electrons. The fraction of sp³-hybridized carbons (Fsp3) is 0.381. The van der Waals surface area contributed by atoms with Crippen LogP contribution in [0.2, 0.25) is 10.0 Å². The molecule has 6 heteroatoms. The molecule has 0 unspecified atom stereocenters. The van der Waals surface area contributed by atoms with Gasteiger partial charge in [-0.2, -0.15) is 0 Å². The Bertz CT molecular complexity index is 790. The van der Waals surface area contributed by atoms with Crippen LogP contribution >= 0.6 is 23.2 Å². The normalized spacial score (nSPS) is 15.5. The maximum Gasteiger partial charge on any atom is 0.251 e. The summed E-state index contributed by atoms with van der Waals surface area (Å²) in [4.78, 5) is 14.8. The van der Waals surface area contributed by atoms with E-state index in [2.05, 4.69) is 10.2 Å². The molecule has 1 aliphatic heterocycles. The van der Waals surface area contributed by atoms with Gasteiger partial charge in [-0.15, -0.1) is 0 Å². The van der Waals surface area contributed by atoms with Gasteiger partial charge in [0.05, 0.1) is 5.02 Å². The topological polar surface area (TPSA) is 41.6 Å². The van der Waals surface area contributed by atoms with Crippen molar-refractivity contribution in [3.8, 4) is 5.75 Å². The third kappa shape index (κ3) is 5.61. The number of halogens is 2. The van der Waals surface area contributed by atoms with Gasteiger partial charge in [-0.1, -0.05) is 41.4 Å². The zero-order chi connectivity index (χ0) is 19.2. The minimum absolute atomic E-state index is 0.0190. The van der Waals surface area contributed by atoms with Crippen LogP contribution in [0, 0.1) is 6.92 Å². The lowest BCUT2D eigenvalue weighted by Gasteiger charge is -2.32. The van der Waals surface area contributed by atoms with E-state index in [9.17, 15) is 4.79 Å². The van der Waals surface area contributed by atoms with E-state index < -0.39 is 0 Å². The van der Waals surface area contributed by atoms with Gasteiger partial charge in [0.2, 0.25) is 0 Å². The van der Waals surface area contributed by atoms with Crippen LogP contribution in [0.4, 0.5) is 0 Å². The molecule has 0 aliphatic carbocycles. The molecule has 0 spiro atoms. The Hall–Kier alpha value is -1.75. The van der Waals surface area contributed by atoms with E-state index in [4.69, 9.17) is 27.9 Å². The first-order chi connectivity index (χ1) is 13.0. The summed E-state index contributed by atoms with van der Waals surface area (Å²) < 4.78 is 5.75. The van der Waals surface area contributed by atoms with E-state index in [1.54, 1.807) is 18.2 Å². The van der Waals surface area contributed by atoms with Gasteiger partial charge in [0.1, 0.15) is 12.4 Å². The fourth-order valence-electron chi connectivity index (χ4n) is 3.26. The van der Waals surface area contributed by atoms with Crippen molar-refractivity contribution < 1.29 is 9.53 Å². The summed E-state index contributed by atoms with van der Waals surface area (Å²) in [5, 5.41) is 4.34. The van der Waals surface area contributed by atoms with Gasteiger partial charge in [0.15, 0.2) is 0 Å². The molecule has 1 aliphatic rings. The summed E-state index contributed by atoms with van der Waals surface area (Å²) in [6.45, 7) is 5.21. The van der Waals surface area contributed by atoms with Gasteiger partial charge in [0, 0.05) is 42.3 Å². The smallest absolute Gasteiger partial charge is 0.251 e. The highest BCUT2D eigenvalue weighted by Crippen LogP contribution is 2.27. The predicted octanol–water partition coefficient (Wildman–Crippen LogP) is 4.58. The minimum Gasteiger partial charge on any atom is -0.491 e. The van der Waals surface area contributed by atoms with E-state index in [1.807, 2.05) is 31.2 Å². The number of likely N-dealkylation sites (tertiary alicyclic amines) is 1. The maximum absolute atomic E-state index is 12.4. The van der Waals surface area contributed by atoms with E-state index in [0.29, 0.717) is 22.4 Å². The summed E-state index contributed by atoms with van der Waals surface area (Å²) >= 11 is 12.1. The molecule has 2 aromatic rings. The molecule has 1 fully saturated rings. The summed E-state index contributed by atoms with van der Waals surface area (Å²) in [5.41, 5.74) is 1.76. The van der Waals surface area contributed by atoms with Gasteiger partial charge in [0.25, 0.3) is 5.91 Å². The molecule has 1 N–H and O–H groups in total. The van der Waals surface area contributed by atoms with Crippen molar-refractivity contribution in [2.24, 2.45) is 0 Å². The first kappa shape index (κ1) is 20.0. The highest BCUT2D eigenvalue weighted by atomic mass is 35.5. The van der Waals surface area contributed by atoms with Crippen LogP contribution in [0.3, 0.4) is 0 Å². The monoisotopic (exact) mass is 406 g/mol. The van der Waals surface area contributed by atoms with Crippen molar-refractivity contribution in [1.29, 1.82) is 0 Å². The molecule has 1 amide bonds. The van der Waals surface area contributed by atoms with Crippen molar-refractivity contribution in [3.63, 3.8) is 0 Å². The molecule has 0 aromatic heterocycles. The summed E-state index contributed by atoms with van der Waals surface area (Å²) in [6, 6.07) is 13.1. The molecule has 1 saturated heterocycles. The number of amides is 1. The van der Waals surface area contributed by atoms with Crippen LogP contribution in [-0.4, -0.2) is 43.1 Å². The van der Waals surface area contributed by atoms with Crippen LogP contribution in [0.5, 0.6) is 5.75 Å². The maximum atomic E-state index is 12.4. The highest BCUT2D eigenvalue weighted by molar-refractivity contribution is 6.34. The number of hydrogen-bond acceptors (Lipinski definition) is 3. The fourth-order valence-corrected chi connectivity index (χ4v) is 3.60. The van der Waals surface area contributed by atoms with Crippen molar-refractivity contribution in [1.82, 2.24) is 10.2 Å². The Labute approximate surface area is 170 Å². The van der Waals surface area contributed by atoms with Gasteiger partial charge in [-0.05, 0) is 43.5 Å². The number of benzene rings is 2. The summed E-state index contributed by atoms with van der Waals surface area (Å²) in [7, 11) is 0. The van der Waals surface area contributed by atoms with E-state index in [1.165, 1.54) is 0 Å². The van der Waals surface area contributed by atoms with Crippen LogP contribution < -0.4 is 10.1 Å². The third-order valence-corrected chi connectivity index (χ3v) is 5.42. The molecule has 0 bridgehead atoms. The highest BCUT2D eigenvalue weighted by Gasteiger charge is 2.21. The van der Waals surface area contributed by atoms with Gasteiger partial charge in [-0.25, -0.2) is 0 Å². The van der Waals surface area contributed by atoms with E-state index >= 15 is 0 Å². The average molecular weight is 407 g/mol. The molecule has 0 saturated carbocycles. The molecular formula is C21H24Cl2N2O2. The number of carbonyl (C=O) groups is 1. The molecule has 3 rings (SSSR count). The molecule has 27 heavy (non-hydrogen) atoms. The molecule has 1 heterocycles. The van der Waals surface area contributed by atoms with Gasteiger partial charge in [-0.3, -0.25) is 9.69 Å². The molecule has 2 aromatic carbocycles. The van der Waals surface area contributed by atoms with Crippen LogP contribution in [0.1, 0.15) is 28.8 Å². The van der Waals surface area contributed by atoms with Crippen LogP contribution in [0.15, 0.2) is 42.5 Å². The second-order valence-electron chi connectivity index (χ2n) is 6.83. The number of rotatable bonds is 6. The number of nitrogens with one attached hydrogen (secondary N) is 1. The lowest BCUT2D eigenvalue weighted by Crippen LogP contribution is -2.45. The number of aryl methyl sites for hydroxylation is 1. The molecule has 144 valence electrons. The van der Waals surface area contributed by atoms with Gasteiger partial charge >= 0.3 is 0 Å². The number of ether oxygens (including phenoxy) is 1. The first-order valence-corrected chi connectivity index (χ1v) is 9.95. The van der Waals surface area contributed by atoms with Crippen LogP contribution in [-0.2, 0) is 0 Å². The SMILES string of the molecule is Cc1ccccc1C(=O)NC1CCN(CCOc2cc(Cl)ccc2Cl)CC1. The molecule has 4 nitrogen and oxygen atoms in total. The lowest BCUT2D eigenvalue weighted by atomic mass is 10.0. The predicted molar refractivity (Wildman–Crippen MR) is 110 cm³/mol. The Morgan fingerprint density at radius 3 is 2.67 bits per heavy atom. The summed E-state index contributed by atoms with van der Waals surface area (Å²) in [5.74, 6) is 0.634. The number of hydrogen-bond donors (Lipinski definition) is 1. The van der Waals surface area contributed by atoms with E-state index in [-0.39, 0.29) is 11.9 Å². The van der Waals surface area contributed by atoms with Crippen LogP contribution in [0.25, 0.3) is 0 Å². The molecule has 0 atom stereocenters. The Morgan fingerprint density at radius 1 is 1.19 bits per heavy atom. The largest absolute Gasteiger partial charge is 0.491 e. The van der Waals surface area contributed by atoms with Crippen molar-refractivity contribution in [3.05, 3.63) is 63.6 Å². The third-order valence-electron chi connectivity index (χ3n) is 4.87. The lowest BCUT2D eigenvalue weighted by molar-refractivity contribution is 0.0905. The Morgan fingerprint density at radius 2 is 1.93 bits per heavy atom. The zero-order valence-corrected chi connectivity index (χ0v) is 16.9. The van der Waals surface area contributed by atoms with Crippen molar-refractivity contribution in [2.75, 3.05) is 26.2 Å². The van der Waals surface area contributed by atoms with E-state index in [0.717, 1.165) is 43.6 Å². The minimum atomic E-state index is 0.0190. The average Bonchev–Trinajstić information content (AvgIpc) is 2.66. The quantitative estimate of drug-likeness (QED) is 0.763.